The van der Waals surface area contributed by atoms with Gasteiger partial charge in [-0.1, -0.05) is 12.1 Å². The van der Waals surface area contributed by atoms with Gasteiger partial charge in [-0.3, -0.25) is 4.98 Å². The molecule has 3 nitrogen and oxygen atoms in total. The summed E-state index contributed by atoms with van der Waals surface area (Å²) >= 11 is 0. The highest BCUT2D eigenvalue weighted by Crippen LogP contribution is 2.24. The lowest BCUT2D eigenvalue weighted by Gasteiger charge is -2.09. The van der Waals surface area contributed by atoms with Crippen LogP contribution in [-0.2, 0) is 0 Å². The maximum absolute atomic E-state index is 13.3. The lowest BCUT2D eigenvalue weighted by Crippen LogP contribution is -2.03. The molecule has 0 aliphatic carbocycles. The number of aryl methyl sites for hydroxylation is 1. The number of nitriles is 1. The van der Waals surface area contributed by atoms with Crippen LogP contribution in [0.5, 0.6) is 0 Å². The number of halogens is 1. The Labute approximate surface area is 110 Å². The first kappa shape index (κ1) is 12.8. The molecule has 0 atom stereocenters. The standard InChI is InChI=1S/C15H12FN3/c1-10-4-5-12(16)7-13(10)15(18)14(8-17)11-3-2-6-19-9-11/h2-7,9H,18H2,1H3/b15-14+. The number of allylic oxidation sites excluding steroid dienone is 1. The maximum atomic E-state index is 13.3. The van der Waals surface area contributed by atoms with Gasteiger partial charge in [0.1, 0.15) is 11.9 Å². The minimum atomic E-state index is -0.382. The summed E-state index contributed by atoms with van der Waals surface area (Å²) in [5.41, 5.74) is 8.52. The fraction of sp³-hybridized carbons (Fsp3) is 0.0667. The van der Waals surface area contributed by atoms with Crippen LogP contribution >= 0.6 is 0 Å². The molecule has 2 N–H and O–H groups in total. The summed E-state index contributed by atoms with van der Waals surface area (Å²) in [7, 11) is 0. The monoisotopic (exact) mass is 253 g/mol. The van der Waals surface area contributed by atoms with Crippen molar-refractivity contribution in [2.45, 2.75) is 6.92 Å². The third kappa shape index (κ3) is 2.61. The van der Waals surface area contributed by atoms with Crippen LogP contribution in [0.2, 0.25) is 0 Å². The quantitative estimate of drug-likeness (QED) is 0.837. The topological polar surface area (TPSA) is 62.7 Å². The molecule has 2 aromatic rings. The van der Waals surface area contributed by atoms with E-state index in [-0.39, 0.29) is 11.5 Å². The number of aromatic nitrogens is 1. The van der Waals surface area contributed by atoms with E-state index in [0.29, 0.717) is 16.7 Å². The van der Waals surface area contributed by atoms with E-state index in [0.717, 1.165) is 5.56 Å². The zero-order valence-corrected chi connectivity index (χ0v) is 10.4. The molecule has 1 aromatic heterocycles. The summed E-state index contributed by atoms with van der Waals surface area (Å²) in [5.74, 6) is -0.382. The molecule has 0 aliphatic rings. The van der Waals surface area contributed by atoms with Crippen molar-refractivity contribution in [3.8, 4) is 6.07 Å². The minimum absolute atomic E-state index is 0.257. The Kier molecular flexibility index (Phi) is 3.58. The third-order valence-electron chi connectivity index (χ3n) is 2.82. The molecule has 1 aromatic carbocycles. The summed E-state index contributed by atoms with van der Waals surface area (Å²) in [6.07, 6.45) is 3.17. The third-order valence-corrected chi connectivity index (χ3v) is 2.82. The Hall–Kier alpha value is -2.67. The van der Waals surface area contributed by atoms with E-state index in [4.69, 9.17) is 5.73 Å². The van der Waals surface area contributed by atoms with Gasteiger partial charge in [-0.2, -0.15) is 5.26 Å². The van der Waals surface area contributed by atoms with E-state index in [9.17, 15) is 9.65 Å². The predicted molar refractivity (Wildman–Crippen MR) is 72.0 cm³/mol. The van der Waals surface area contributed by atoms with Crippen molar-refractivity contribution in [3.63, 3.8) is 0 Å². The zero-order valence-electron chi connectivity index (χ0n) is 10.4. The Morgan fingerprint density at radius 3 is 2.79 bits per heavy atom. The van der Waals surface area contributed by atoms with Crippen molar-refractivity contribution in [2.24, 2.45) is 5.73 Å². The highest BCUT2D eigenvalue weighted by atomic mass is 19.1. The second-order valence-corrected chi connectivity index (χ2v) is 4.10. The molecule has 0 radical (unpaired) electrons. The Morgan fingerprint density at radius 2 is 2.16 bits per heavy atom. The first-order valence-electron chi connectivity index (χ1n) is 5.70. The number of nitrogens with zero attached hydrogens (tertiary/aromatic N) is 2. The largest absolute Gasteiger partial charge is 0.397 e. The van der Waals surface area contributed by atoms with E-state index in [1.54, 1.807) is 30.6 Å². The van der Waals surface area contributed by atoms with Gasteiger partial charge in [0.25, 0.3) is 0 Å². The molecule has 4 heteroatoms. The number of pyridine rings is 1. The summed E-state index contributed by atoms with van der Waals surface area (Å²) in [5, 5.41) is 9.26. The highest BCUT2D eigenvalue weighted by molar-refractivity contribution is 5.96. The van der Waals surface area contributed by atoms with Crippen molar-refractivity contribution in [2.75, 3.05) is 0 Å². The zero-order chi connectivity index (χ0) is 13.8. The summed E-state index contributed by atoms with van der Waals surface area (Å²) in [4.78, 5) is 3.95. The van der Waals surface area contributed by atoms with Gasteiger partial charge in [0, 0.05) is 23.5 Å². The second-order valence-electron chi connectivity index (χ2n) is 4.10. The van der Waals surface area contributed by atoms with Gasteiger partial charge >= 0.3 is 0 Å². The first-order chi connectivity index (χ1) is 9.13. The molecular weight excluding hydrogens is 241 g/mol. The average molecular weight is 253 g/mol. The van der Waals surface area contributed by atoms with Crippen molar-refractivity contribution in [3.05, 3.63) is 65.2 Å². The van der Waals surface area contributed by atoms with Crippen molar-refractivity contribution in [1.29, 1.82) is 5.26 Å². The number of rotatable bonds is 2. The molecule has 0 saturated heterocycles. The number of hydrogen-bond acceptors (Lipinski definition) is 3. The fourth-order valence-electron chi connectivity index (χ4n) is 1.81. The summed E-state index contributed by atoms with van der Waals surface area (Å²) < 4.78 is 13.3. The fourth-order valence-corrected chi connectivity index (χ4v) is 1.81. The summed E-state index contributed by atoms with van der Waals surface area (Å²) in [6.45, 7) is 1.82. The van der Waals surface area contributed by atoms with E-state index >= 15 is 0 Å². The van der Waals surface area contributed by atoms with Crippen LogP contribution in [0.25, 0.3) is 11.3 Å². The smallest absolute Gasteiger partial charge is 0.123 e. The van der Waals surface area contributed by atoms with Gasteiger partial charge in [0.05, 0.1) is 11.3 Å². The molecule has 0 bridgehead atoms. The Balaban J connectivity index is 2.62. The van der Waals surface area contributed by atoms with Gasteiger partial charge in [-0.25, -0.2) is 4.39 Å². The van der Waals surface area contributed by atoms with Crippen LogP contribution in [0, 0.1) is 24.1 Å². The maximum Gasteiger partial charge on any atom is 0.123 e. The number of nitrogens with two attached hydrogens (primary N) is 1. The van der Waals surface area contributed by atoms with Gasteiger partial charge in [-0.15, -0.1) is 0 Å². The van der Waals surface area contributed by atoms with Crippen molar-refractivity contribution >= 4 is 11.3 Å². The molecule has 0 amide bonds. The van der Waals surface area contributed by atoms with E-state index < -0.39 is 0 Å². The van der Waals surface area contributed by atoms with E-state index in [2.05, 4.69) is 11.1 Å². The van der Waals surface area contributed by atoms with Crippen LogP contribution in [0.3, 0.4) is 0 Å². The van der Waals surface area contributed by atoms with Crippen LogP contribution in [-0.4, -0.2) is 4.98 Å². The molecule has 0 unspecified atom stereocenters. The normalized spacial score (nSPS) is 11.6. The van der Waals surface area contributed by atoms with Crippen LogP contribution in [0.15, 0.2) is 42.7 Å². The molecule has 0 spiro atoms. The molecular formula is C15H12FN3. The number of hydrogen-bond donors (Lipinski definition) is 1. The molecule has 0 saturated carbocycles. The highest BCUT2D eigenvalue weighted by Gasteiger charge is 2.11. The molecule has 1 heterocycles. The van der Waals surface area contributed by atoms with Gasteiger partial charge in [-0.05, 0) is 30.7 Å². The lowest BCUT2D eigenvalue weighted by atomic mass is 9.99. The molecule has 0 aliphatic heterocycles. The summed E-state index contributed by atoms with van der Waals surface area (Å²) in [6, 6.07) is 9.85. The predicted octanol–water partition coefficient (Wildman–Crippen LogP) is 2.88. The van der Waals surface area contributed by atoms with Gasteiger partial charge in [0.2, 0.25) is 0 Å². The molecule has 94 valence electrons. The Morgan fingerprint density at radius 1 is 1.37 bits per heavy atom. The van der Waals surface area contributed by atoms with Crippen LogP contribution in [0.4, 0.5) is 4.39 Å². The van der Waals surface area contributed by atoms with Crippen LogP contribution < -0.4 is 5.73 Å². The lowest BCUT2D eigenvalue weighted by molar-refractivity contribution is 0.627. The van der Waals surface area contributed by atoms with Gasteiger partial charge < -0.3 is 5.73 Å². The Bertz CT molecular complexity index is 670. The van der Waals surface area contributed by atoms with Crippen molar-refractivity contribution < 1.29 is 4.39 Å². The SMILES string of the molecule is Cc1ccc(F)cc1/C(N)=C(/C#N)c1cccnc1. The first-order valence-corrected chi connectivity index (χ1v) is 5.70. The van der Waals surface area contributed by atoms with Gasteiger partial charge in [0.15, 0.2) is 0 Å². The molecule has 19 heavy (non-hydrogen) atoms. The second kappa shape index (κ2) is 5.32. The minimum Gasteiger partial charge on any atom is -0.397 e. The van der Waals surface area contributed by atoms with E-state index in [1.165, 1.54) is 12.1 Å². The average Bonchev–Trinajstić information content (AvgIpc) is 2.43. The van der Waals surface area contributed by atoms with E-state index in [1.807, 2.05) is 6.92 Å². The molecule has 0 fully saturated rings. The molecule has 2 rings (SSSR count). The van der Waals surface area contributed by atoms with Crippen molar-refractivity contribution in [1.82, 2.24) is 4.98 Å². The number of benzene rings is 1. The van der Waals surface area contributed by atoms with Crippen LogP contribution in [0.1, 0.15) is 16.7 Å².